The van der Waals surface area contributed by atoms with E-state index >= 15 is 0 Å². The van der Waals surface area contributed by atoms with E-state index in [-0.39, 0.29) is 17.5 Å². The Morgan fingerprint density at radius 1 is 1.28 bits per heavy atom. The third-order valence-corrected chi connectivity index (χ3v) is 3.22. The van der Waals surface area contributed by atoms with Crippen LogP contribution in [-0.4, -0.2) is 24.4 Å². The fourth-order valence-electron chi connectivity index (χ4n) is 2.31. The number of rotatable bonds is 3. The Bertz CT molecular complexity index is 501. The van der Waals surface area contributed by atoms with Gasteiger partial charge in [-0.3, -0.25) is 9.59 Å². The standard InChI is InChI=1S/C12H16N4O2/c13-9-4-3-7(6-8(9)11(14)17)16-5-1-2-10(16)12(15)18/h3-4,6,10H,1-2,5,13H2,(H2,14,17)(H2,15,18). The van der Waals surface area contributed by atoms with Gasteiger partial charge in [-0.25, -0.2) is 0 Å². The highest BCUT2D eigenvalue weighted by Crippen LogP contribution is 2.28. The van der Waals surface area contributed by atoms with Gasteiger partial charge in [0.25, 0.3) is 5.91 Å². The fraction of sp³-hybridized carbons (Fsp3) is 0.333. The summed E-state index contributed by atoms with van der Waals surface area (Å²) in [5.41, 5.74) is 17.6. The number of primary amides is 2. The minimum Gasteiger partial charge on any atom is -0.398 e. The van der Waals surface area contributed by atoms with Crippen molar-refractivity contribution < 1.29 is 9.59 Å². The van der Waals surface area contributed by atoms with Crippen molar-refractivity contribution in [2.24, 2.45) is 11.5 Å². The topological polar surface area (TPSA) is 115 Å². The van der Waals surface area contributed by atoms with Crippen LogP contribution < -0.4 is 22.1 Å². The number of carbonyl (C=O) groups is 2. The number of amides is 2. The number of anilines is 2. The van der Waals surface area contributed by atoms with E-state index in [1.54, 1.807) is 18.2 Å². The fourth-order valence-corrected chi connectivity index (χ4v) is 2.31. The summed E-state index contributed by atoms with van der Waals surface area (Å²) in [5, 5.41) is 0. The Labute approximate surface area is 105 Å². The first-order valence-corrected chi connectivity index (χ1v) is 5.76. The van der Waals surface area contributed by atoms with E-state index in [0.29, 0.717) is 5.69 Å². The lowest BCUT2D eigenvalue weighted by molar-refractivity contribution is -0.119. The lowest BCUT2D eigenvalue weighted by Gasteiger charge is -2.25. The molecule has 2 rings (SSSR count). The summed E-state index contributed by atoms with van der Waals surface area (Å²) in [6, 6.07) is 4.67. The Balaban J connectivity index is 2.36. The highest BCUT2D eigenvalue weighted by molar-refractivity contribution is 5.99. The molecule has 0 radical (unpaired) electrons. The van der Waals surface area contributed by atoms with Gasteiger partial charge in [-0.05, 0) is 31.0 Å². The maximum absolute atomic E-state index is 11.3. The van der Waals surface area contributed by atoms with Crippen molar-refractivity contribution in [3.05, 3.63) is 23.8 Å². The molecule has 6 heteroatoms. The predicted octanol–water partition coefficient (Wildman–Crippen LogP) is -0.178. The van der Waals surface area contributed by atoms with Gasteiger partial charge in [-0.2, -0.15) is 0 Å². The summed E-state index contributed by atoms with van der Waals surface area (Å²) in [6.45, 7) is 0.732. The van der Waals surface area contributed by atoms with Gasteiger partial charge in [0.2, 0.25) is 5.91 Å². The monoisotopic (exact) mass is 248 g/mol. The molecule has 1 aromatic rings. The second-order valence-corrected chi connectivity index (χ2v) is 4.39. The Kier molecular flexibility index (Phi) is 3.10. The average molecular weight is 248 g/mol. The van der Waals surface area contributed by atoms with Crippen molar-refractivity contribution in [2.75, 3.05) is 17.2 Å². The molecule has 6 nitrogen and oxygen atoms in total. The van der Waals surface area contributed by atoms with E-state index in [4.69, 9.17) is 17.2 Å². The summed E-state index contributed by atoms with van der Waals surface area (Å²) < 4.78 is 0. The molecule has 2 amide bonds. The van der Waals surface area contributed by atoms with Crippen LogP contribution in [0.5, 0.6) is 0 Å². The molecule has 0 bridgehead atoms. The SMILES string of the molecule is NC(=O)c1cc(N2CCCC2C(N)=O)ccc1N. The molecule has 0 saturated carbocycles. The van der Waals surface area contributed by atoms with E-state index in [0.717, 1.165) is 25.1 Å². The molecule has 1 atom stereocenters. The van der Waals surface area contributed by atoms with Crippen LogP contribution in [0.4, 0.5) is 11.4 Å². The van der Waals surface area contributed by atoms with Gasteiger partial charge >= 0.3 is 0 Å². The highest BCUT2D eigenvalue weighted by atomic mass is 16.1. The van der Waals surface area contributed by atoms with Gasteiger partial charge in [0.05, 0.1) is 5.56 Å². The molecule has 1 aliphatic heterocycles. The molecule has 0 spiro atoms. The minimum atomic E-state index is -0.579. The number of nitrogens with two attached hydrogens (primary N) is 3. The number of nitrogen functional groups attached to an aromatic ring is 1. The maximum atomic E-state index is 11.3. The molecule has 1 saturated heterocycles. The van der Waals surface area contributed by atoms with Crippen LogP contribution in [0.25, 0.3) is 0 Å². The first-order chi connectivity index (χ1) is 8.50. The molecule has 0 aromatic heterocycles. The van der Waals surface area contributed by atoms with Gasteiger partial charge in [0, 0.05) is 17.9 Å². The molecule has 1 aromatic carbocycles. The number of hydrogen-bond donors (Lipinski definition) is 3. The second kappa shape index (κ2) is 4.56. The molecule has 6 N–H and O–H groups in total. The van der Waals surface area contributed by atoms with Gasteiger partial charge in [-0.1, -0.05) is 0 Å². The molecular formula is C12H16N4O2. The normalized spacial score (nSPS) is 18.9. The van der Waals surface area contributed by atoms with E-state index in [9.17, 15) is 9.59 Å². The van der Waals surface area contributed by atoms with Gasteiger partial charge in [0.15, 0.2) is 0 Å². The molecule has 1 fully saturated rings. The van der Waals surface area contributed by atoms with Crippen LogP contribution in [0.15, 0.2) is 18.2 Å². The van der Waals surface area contributed by atoms with Crippen LogP contribution in [0.3, 0.4) is 0 Å². The zero-order chi connectivity index (χ0) is 13.3. The Morgan fingerprint density at radius 2 is 2.00 bits per heavy atom. The van der Waals surface area contributed by atoms with Crippen LogP contribution in [0.2, 0.25) is 0 Å². The Hall–Kier alpha value is -2.24. The Morgan fingerprint density at radius 3 is 2.61 bits per heavy atom. The lowest BCUT2D eigenvalue weighted by Crippen LogP contribution is -2.40. The number of benzene rings is 1. The van der Waals surface area contributed by atoms with Gasteiger partial charge < -0.3 is 22.1 Å². The van der Waals surface area contributed by atoms with Gasteiger partial charge in [0.1, 0.15) is 6.04 Å². The van der Waals surface area contributed by atoms with E-state index < -0.39 is 5.91 Å². The molecule has 1 unspecified atom stereocenters. The molecule has 18 heavy (non-hydrogen) atoms. The summed E-state index contributed by atoms with van der Waals surface area (Å²) in [4.78, 5) is 24.5. The summed E-state index contributed by atoms with van der Waals surface area (Å²) >= 11 is 0. The predicted molar refractivity (Wildman–Crippen MR) is 68.9 cm³/mol. The largest absolute Gasteiger partial charge is 0.398 e. The first-order valence-electron chi connectivity index (χ1n) is 5.76. The second-order valence-electron chi connectivity index (χ2n) is 4.39. The lowest BCUT2D eigenvalue weighted by atomic mass is 10.1. The summed E-state index contributed by atoms with van der Waals surface area (Å²) in [7, 11) is 0. The molecule has 1 aliphatic rings. The van der Waals surface area contributed by atoms with Crippen LogP contribution in [0.1, 0.15) is 23.2 Å². The van der Waals surface area contributed by atoms with E-state index in [1.807, 2.05) is 4.90 Å². The first kappa shape index (κ1) is 12.2. The van der Waals surface area contributed by atoms with Crippen LogP contribution in [0, 0.1) is 0 Å². The molecular weight excluding hydrogens is 232 g/mol. The summed E-state index contributed by atoms with van der Waals surface area (Å²) in [6.07, 6.45) is 1.62. The molecule has 96 valence electrons. The quantitative estimate of drug-likeness (QED) is 0.643. The number of hydrogen-bond acceptors (Lipinski definition) is 4. The van der Waals surface area contributed by atoms with Crippen LogP contribution in [-0.2, 0) is 4.79 Å². The molecule has 0 aliphatic carbocycles. The van der Waals surface area contributed by atoms with Crippen LogP contribution >= 0.6 is 0 Å². The smallest absolute Gasteiger partial charge is 0.250 e. The van der Waals surface area contributed by atoms with Crippen molar-refractivity contribution in [1.29, 1.82) is 0 Å². The zero-order valence-electron chi connectivity index (χ0n) is 9.93. The van der Waals surface area contributed by atoms with Crippen molar-refractivity contribution in [3.8, 4) is 0 Å². The minimum absolute atomic E-state index is 0.266. The van der Waals surface area contributed by atoms with Crippen molar-refractivity contribution in [1.82, 2.24) is 0 Å². The highest BCUT2D eigenvalue weighted by Gasteiger charge is 2.29. The van der Waals surface area contributed by atoms with Gasteiger partial charge in [-0.15, -0.1) is 0 Å². The van der Waals surface area contributed by atoms with Crippen molar-refractivity contribution in [2.45, 2.75) is 18.9 Å². The third-order valence-electron chi connectivity index (χ3n) is 3.22. The molecule has 1 heterocycles. The van der Waals surface area contributed by atoms with E-state index in [2.05, 4.69) is 0 Å². The number of carbonyl (C=O) groups excluding carboxylic acids is 2. The zero-order valence-corrected chi connectivity index (χ0v) is 9.93. The van der Waals surface area contributed by atoms with Crippen molar-refractivity contribution in [3.63, 3.8) is 0 Å². The third kappa shape index (κ3) is 2.09. The van der Waals surface area contributed by atoms with E-state index in [1.165, 1.54) is 0 Å². The average Bonchev–Trinajstić information content (AvgIpc) is 2.78. The van der Waals surface area contributed by atoms with Crippen molar-refractivity contribution >= 4 is 23.2 Å². The maximum Gasteiger partial charge on any atom is 0.250 e. The summed E-state index contributed by atoms with van der Waals surface area (Å²) in [5.74, 6) is -0.936. The number of nitrogens with zero attached hydrogens (tertiary/aromatic N) is 1.